The van der Waals surface area contributed by atoms with Gasteiger partial charge in [0.05, 0.1) is 13.2 Å². The Morgan fingerprint density at radius 1 is 1.00 bits per heavy atom. The van der Waals surface area contributed by atoms with E-state index in [-0.39, 0.29) is 19.8 Å². The molecule has 0 heterocycles. The van der Waals surface area contributed by atoms with Crippen LogP contribution in [0, 0.1) is 0 Å². The number of nitrogens with one attached hydrogen (secondary N) is 2. The van der Waals surface area contributed by atoms with Gasteiger partial charge in [-0.25, -0.2) is 24.4 Å². The first kappa shape index (κ1) is 25.6. The van der Waals surface area contributed by atoms with Crippen molar-refractivity contribution in [3.63, 3.8) is 0 Å². The highest BCUT2D eigenvalue weighted by atomic mass is 32.3. The number of ether oxygens (including phenoxy) is 3. The van der Waals surface area contributed by atoms with Crippen LogP contribution in [-0.2, 0) is 25.6 Å². The van der Waals surface area contributed by atoms with E-state index >= 15 is 0 Å². The number of hydrogen-bond acceptors (Lipinski definition) is 6. The molecule has 1 atom stereocenters. The van der Waals surface area contributed by atoms with Crippen molar-refractivity contribution in [1.82, 2.24) is 10.6 Å². The third-order valence-electron chi connectivity index (χ3n) is 3.58. The molecule has 0 aromatic heterocycles. The number of hydrogen-bond donors (Lipinski definition) is 2. The van der Waals surface area contributed by atoms with Gasteiger partial charge < -0.3 is 24.8 Å². The molecule has 1 aromatic carbocycles. The molecule has 8 nitrogen and oxygen atoms in total. The molecule has 0 bridgehead atoms. The maximum Gasteiger partial charge on any atom is 0.408 e. The molecule has 0 spiro atoms. The van der Waals surface area contributed by atoms with E-state index in [9.17, 15) is 14.4 Å². The van der Waals surface area contributed by atoms with Gasteiger partial charge in [0.2, 0.25) is 0 Å². The van der Waals surface area contributed by atoms with Gasteiger partial charge in [0, 0.05) is 5.75 Å². The van der Waals surface area contributed by atoms with E-state index in [1.165, 1.54) is 0 Å². The molecule has 170 valence electrons. The minimum atomic E-state index is -1.10. The Morgan fingerprint density at radius 2 is 1.63 bits per heavy atom. The molecular weight excluding hydrogens is 408 g/mol. The fourth-order valence-corrected chi connectivity index (χ4v) is 2.68. The van der Waals surface area contributed by atoms with E-state index in [0.717, 1.165) is 11.3 Å². The van der Waals surface area contributed by atoms with Crippen LogP contribution in [0.5, 0.6) is 0 Å². The molecule has 0 saturated heterocycles. The van der Waals surface area contributed by atoms with Gasteiger partial charge in [-0.3, -0.25) is 0 Å². The monoisotopic (exact) mass is 442 g/mol. The number of carbonyl (C=O) groups excluding carboxylic acids is 3. The fraction of sp³-hybridized carbons (Fsp3) is 0.571. The van der Waals surface area contributed by atoms with Gasteiger partial charge in [0.25, 0.3) is 0 Å². The molecule has 30 heavy (non-hydrogen) atoms. The van der Waals surface area contributed by atoms with Gasteiger partial charge in [-0.2, -0.15) is 0 Å². The Morgan fingerprint density at radius 3 is 2.20 bits per heavy atom. The topological polar surface area (TPSA) is 103 Å². The van der Waals surface area contributed by atoms with Gasteiger partial charge in [0.1, 0.15) is 18.2 Å². The van der Waals surface area contributed by atoms with Gasteiger partial charge in [-0.15, -0.1) is 0 Å². The van der Waals surface area contributed by atoms with Crippen molar-refractivity contribution in [2.75, 3.05) is 37.7 Å². The van der Waals surface area contributed by atoms with E-state index in [1.54, 1.807) is 20.8 Å². The molecule has 2 N–H and O–H groups in total. The highest BCUT2D eigenvalue weighted by molar-refractivity contribution is 8.32. The first-order valence-corrected chi connectivity index (χ1v) is 12.6. The van der Waals surface area contributed by atoms with Crippen LogP contribution in [0.3, 0.4) is 0 Å². The van der Waals surface area contributed by atoms with Gasteiger partial charge in [-0.1, -0.05) is 30.3 Å². The average molecular weight is 443 g/mol. The van der Waals surface area contributed by atoms with E-state index in [0.29, 0.717) is 0 Å². The molecular formula is C21H34N2O6S. The van der Waals surface area contributed by atoms with Crippen LogP contribution in [0.4, 0.5) is 9.59 Å². The maximum atomic E-state index is 12.5. The number of esters is 1. The van der Waals surface area contributed by atoms with Crippen molar-refractivity contribution >= 4 is 28.2 Å². The van der Waals surface area contributed by atoms with E-state index < -0.39 is 39.8 Å². The molecule has 2 amide bonds. The van der Waals surface area contributed by atoms with Crippen molar-refractivity contribution in [1.29, 1.82) is 0 Å². The second-order valence-corrected chi connectivity index (χ2v) is 13.2. The van der Waals surface area contributed by atoms with E-state index in [4.69, 9.17) is 14.2 Å². The largest absolute Gasteiger partial charge is 0.463 e. The van der Waals surface area contributed by atoms with Crippen LogP contribution in [-0.4, -0.2) is 67.5 Å². The molecule has 0 saturated carbocycles. The van der Waals surface area contributed by atoms with Crippen LogP contribution < -0.4 is 10.6 Å². The molecule has 0 aliphatic rings. The molecule has 0 aliphatic heterocycles. The predicted molar refractivity (Wildman–Crippen MR) is 119 cm³/mol. The van der Waals surface area contributed by atoms with E-state index in [2.05, 4.69) is 29.4 Å². The lowest BCUT2D eigenvalue weighted by Crippen LogP contribution is -2.50. The Bertz CT molecular complexity index is 698. The molecule has 0 radical (unpaired) electrons. The Hall–Kier alpha value is -2.42. The van der Waals surface area contributed by atoms with Crippen LogP contribution in [0.1, 0.15) is 26.3 Å². The lowest BCUT2D eigenvalue weighted by molar-refractivity contribution is -0.145. The normalized spacial score (nSPS) is 13.0. The highest BCUT2D eigenvalue weighted by Gasteiger charge is 2.25. The zero-order valence-corrected chi connectivity index (χ0v) is 19.5. The summed E-state index contributed by atoms with van der Waals surface area (Å²) in [6.07, 6.45) is 4.86. The zero-order chi connectivity index (χ0) is 22.8. The summed E-state index contributed by atoms with van der Waals surface area (Å²) < 4.78 is 15.6. The molecule has 0 aliphatic carbocycles. The fourth-order valence-electron chi connectivity index (χ4n) is 2.09. The Balaban J connectivity index is 2.64. The van der Waals surface area contributed by atoms with Crippen molar-refractivity contribution in [3.8, 4) is 0 Å². The lowest BCUT2D eigenvalue weighted by Gasteiger charge is -2.25. The second-order valence-electron chi connectivity index (χ2n) is 8.60. The van der Waals surface area contributed by atoms with Crippen molar-refractivity contribution in [3.05, 3.63) is 35.9 Å². The van der Waals surface area contributed by atoms with Crippen LogP contribution in [0.2, 0.25) is 0 Å². The molecule has 9 heteroatoms. The summed E-state index contributed by atoms with van der Waals surface area (Å²) in [6.45, 7) is 5.30. The van der Waals surface area contributed by atoms with Gasteiger partial charge in [0.15, 0.2) is 0 Å². The SMILES string of the molecule is CC(C)(C)OC(=O)NC[C@H](NC(=O)OCc1ccccc1)C(=O)OCCS(C)(C)C. The van der Waals surface area contributed by atoms with E-state index in [1.807, 2.05) is 30.3 Å². The molecule has 0 unspecified atom stereocenters. The Kier molecular flexibility index (Phi) is 9.98. The summed E-state index contributed by atoms with van der Waals surface area (Å²) in [6, 6.07) is 8.06. The maximum absolute atomic E-state index is 12.5. The van der Waals surface area contributed by atoms with Crippen molar-refractivity contribution in [2.24, 2.45) is 0 Å². The van der Waals surface area contributed by atoms with Gasteiger partial charge in [-0.05, 0) is 45.1 Å². The predicted octanol–water partition coefficient (Wildman–Crippen LogP) is 3.04. The minimum absolute atomic E-state index is 0.0569. The smallest absolute Gasteiger partial charge is 0.408 e. The summed E-state index contributed by atoms with van der Waals surface area (Å²) in [5, 5.41) is 4.93. The number of carbonyl (C=O) groups is 3. The number of alkyl carbamates (subject to hydrolysis) is 2. The minimum Gasteiger partial charge on any atom is -0.463 e. The van der Waals surface area contributed by atoms with Crippen LogP contribution in [0.15, 0.2) is 30.3 Å². The summed E-state index contributed by atoms with van der Waals surface area (Å²) in [4.78, 5) is 36.5. The van der Waals surface area contributed by atoms with Crippen LogP contribution in [0.25, 0.3) is 0 Å². The summed E-state index contributed by atoms with van der Waals surface area (Å²) in [7, 11) is -0.833. The van der Waals surface area contributed by atoms with Crippen molar-refractivity contribution < 1.29 is 28.6 Å². The second kappa shape index (κ2) is 11.7. The molecule has 1 rings (SSSR count). The quantitative estimate of drug-likeness (QED) is 0.450. The molecule has 1 aromatic rings. The average Bonchev–Trinajstić information content (AvgIpc) is 2.61. The lowest BCUT2D eigenvalue weighted by atomic mass is 10.2. The highest BCUT2D eigenvalue weighted by Crippen LogP contribution is 2.33. The third kappa shape index (κ3) is 12.2. The third-order valence-corrected chi connectivity index (χ3v) is 4.97. The van der Waals surface area contributed by atoms with Gasteiger partial charge >= 0.3 is 18.2 Å². The summed E-state index contributed by atoms with van der Waals surface area (Å²) in [5.74, 6) is 0.0926. The number of benzene rings is 1. The number of amides is 2. The standard InChI is InChI=1S/C21H34N2O6S/c1-21(2,3)29-19(25)22-14-17(18(24)27-12-13-30(4,5)6)23-20(26)28-15-16-10-8-7-9-11-16/h7-11,17H,12-15H2,1-6H3,(H,22,25)(H,23,26)/t17-/m0/s1. The number of rotatable bonds is 9. The first-order valence-electron chi connectivity index (χ1n) is 9.62. The Labute approximate surface area is 180 Å². The first-order chi connectivity index (χ1) is 13.9. The summed E-state index contributed by atoms with van der Waals surface area (Å²) in [5.41, 5.74) is 0.129. The zero-order valence-electron chi connectivity index (χ0n) is 18.7. The summed E-state index contributed by atoms with van der Waals surface area (Å²) >= 11 is 0. The van der Waals surface area contributed by atoms with Crippen molar-refractivity contribution in [2.45, 2.75) is 39.0 Å². The molecule has 0 fully saturated rings. The van der Waals surface area contributed by atoms with Crippen LogP contribution >= 0.6 is 10.0 Å².